The van der Waals surface area contributed by atoms with Gasteiger partial charge in [-0.05, 0) is 29.6 Å². The molecule has 0 radical (unpaired) electrons. The molecule has 0 saturated heterocycles. The van der Waals surface area contributed by atoms with Crippen LogP contribution in [0.2, 0.25) is 39.3 Å². The van der Waals surface area contributed by atoms with Crippen molar-refractivity contribution in [3.05, 3.63) is 0 Å². The van der Waals surface area contributed by atoms with Gasteiger partial charge in [0.2, 0.25) is 0 Å². The van der Waals surface area contributed by atoms with Gasteiger partial charge < -0.3 is 0 Å². The number of hydrogen-bond donors (Lipinski definition) is 0. The van der Waals surface area contributed by atoms with E-state index < -0.39 is 13.3 Å². The number of rotatable bonds is 0. The van der Waals surface area contributed by atoms with Crippen LogP contribution in [0.25, 0.3) is 0 Å². The predicted molar refractivity (Wildman–Crippen MR) is 69.7 cm³/mol. The Morgan fingerprint density at radius 1 is 0.583 bits per heavy atom. The molecule has 0 aliphatic carbocycles. The highest BCUT2D eigenvalue weighted by atomic mass is 30.4. The molecule has 66 valence electrons. The van der Waals surface area contributed by atoms with Crippen LogP contribution in [-0.4, -0.2) is 42.9 Å². The van der Waals surface area contributed by atoms with Crippen molar-refractivity contribution in [2.45, 2.75) is 39.3 Å². The first-order chi connectivity index (χ1) is 5.38. The molecule has 12 heavy (non-hydrogen) atoms. The van der Waals surface area contributed by atoms with Crippen LogP contribution in [-0.2, 0) is 0 Å². The van der Waals surface area contributed by atoms with Crippen LogP contribution < -0.4 is 0 Å². The highest BCUT2D eigenvalue weighted by molar-refractivity contribution is 8.21. The second-order valence-corrected chi connectivity index (χ2v) is 65.2. The summed E-state index contributed by atoms with van der Waals surface area (Å²) < 4.78 is 0. The fraction of sp³-hybridized carbons (Fsp3) is 1.00. The zero-order valence-electron chi connectivity index (χ0n) is 9.00. The Labute approximate surface area is 82.0 Å². The van der Waals surface area contributed by atoms with Crippen molar-refractivity contribution in [3.8, 4) is 0 Å². The van der Waals surface area contributed by atoms with Crippen LogP contribution in [0.15, 0.2) is 0 Å². The number of hydrogen-bond acceptors (Lipinski definition) is 0. The van der Waals surface area contributed by atoms with Gasteiger partial charge in [0, 0.05) is 0 Å². The van der Waals surface area contributed by atoms with Gasteiger partial charge in [0.05, 0.1) is 13.3 Å². The Hall–Kier alpha value is 1.30. The van der Waals surface area contributed by atoms with Crippen LogP contribution in [0.3, 0.4) is 0 Å². The van der Waals surface area contributed by atoms with E-state index in [9.17, 15) is 0 Å². The molecule has 0 amide bonds. The maximum absolute atomic E-state index is 2.84. The van der Waals surface area contributed by atoms with E-state index in [0.29, 0.717) is 29.6 Å². The standard InChI is InChI=1S/C6H18Si6/c1-7-8(2)12(6)10(4)9(3)11(7,12)5/h1-6H3. The first-order valence-electron chi connectivity index (χ1n) is 4.75. The molecule has 0 N–H and O–H groups in total. The summed E-state index contributed by atoms with van der Waals surface area (Å²) >= 11 is 0. The average molecular weight is 259 g/mol. The lowest BCUT2D eigenvalue weighted by Gasteiger charge is -2.64. The molecule has 2 rings (SSSR count). The molecule has 0 aromatic heterocycles. The van der Waals surface area contributed by atoms with Gasteiger partial charge in [-0.1, -0.05) is 39.3 Å². The Kier molecular flexibility index (Phi) is 2.01. The van der Waals surface area contributed by atoms with Crippen LogP contribution in [0, 0.1) is 0 Å². The van der Waals surface area contributed by atoms with Crippen LogP contribution in [0.5, 0.6) is 0 Å². The van der Waals surface area contributed by atoms with Gasteiger partial charge in [0.25, 0.3) is 0 Å². The third-order valence-electron chi connectivity index (χ3n) is 5.12. The van der Waals surface area contributed by atoms with E-state index in [1.807, 2.05) is 0 Å². The van der Waals surface area contributed by atoms with Crippen LogP contribution in [0.1, 0.15) is 0 Å². The molecule has 2 heterocycles. The zero-order valence-corrected chi connectivity index (χ0v) is 15.0. The van der Waals surface area contributed by atoms with Crippen molar-refractivity contribution in [1.29, 1.82) is 0 Å². The maximum Gasteiger partial charge on any atom is 0.0567 e. The van der Waals surface area contributed by atoms with E-state index >= 15 is 0 Å². The molecule has 0 saturated carbocycles. The average Bonchev–Trinajstić information content (AvgIpc) is 2.10. The topological polar surface area (TPSA) is 0 Å². The maximum atomic E-state index is 2.84. The summed E-state index contributed by atoms with van der Waals surface area (Å²) in [6.45, 7) is 15.8. The molecule has 0 aromatic carbocycles. The van der Waals surface area contributed by atoms with Crippen molar-refractivity contribution >= 4 is 42.9 Å². The van der Waals surface area contributed by atoms with E-state index in [1.54, 1.807) is 0 Å². The zero-order chi connectivity index (χ0) is 9.31. The van der Waals surface area contributed by atoms with Gasteiger partial charge in [-0.2, -0.15) is 0 Å². The van der Waals surface area contributed by atoms with E-state index in [2.05, 4.69) is 39.3 Å². The summed E-state index contributed by atoms with van der Waals surface area (Å²) in [5.74, 6) is 0. The lowest BCUT2D eigenvalue weighted by atomic mass is 11.9. The quantitative estimate of drug-likeness (QED) is 0.573. The lowest BCUT2D eigenvalue weighted by molar-refractivity contribution is 2.01. The molecule has 0 aromatic rings. The summed E-state index contributed by atoms with van der Waals surface area (Å²) in [6.07, 6.45) is 0. The van der Waals surface area contributed by atoms with Crippen molar-refractivity contribution in [1.82, 2.24) is 0 Å². The summed E-state index contributed by atoms with van der Waals surface area (Å²) in [7, 11) is 1.30. The smallest absolute Gasteiger partial charge is 0.0567 e. The van der Waals surface area contributed by atoms with Gasteiger partial charge in [-0.15, -0.1) is 0 Å². The van der Waals surface area contributed by atoms with Gasteiger partial charge in [-0.25, -0.2) is 0 Å². The molecule has 0 spiro atoms. The molecule has 0 fully saturated rings. The highest BCUT2D eigenvalue weighted by Crippen LogP contribution is 2.37. The Morgan fingerprint density at radius 3 is 0.917 bits per heavy atom. The lowest BCUT2D eigenvalue weighted by Crippen LogP contribution is -2.97. The van der Waals surface area contributed by atoms with Gasteiger partial charge in [0.1, 0.15) is 0 Å². The first-order valence-corrected chi connectivity index (χ1v) is 24.8. The van der Waals surface area contributed by atoms with E-state index in [4.69, 9.17) is 0 Å². The van der Waals surface area contributed by atoms with Crippen molar-refractivity contribution in [2.24, 2.45) is 0 Å². The van der Waals surface area contributed by atoms with Crippen molar-refractivity contribution < 1.29 is 0 Å². The fourth-order valence-corrected chi connectivity index (χ4v) is 262. The molecule has 6 heteroatoms. The second kappa shape index (κ2) is 2.45. The Bertz CT molecular complexity index is 280. The minimum atomic E-state index is -0.398. The van der Waals surface area contributed by atoms with Gasteiger partial charge in [-0.3, -0.25) is 0 Å². The normalized spacial score (nSPS) is 45.5. The molecule has 0 nitrogen and oxygen atoms in total. The molecule has 0 unspecified atom stereocenters. The van der Waals surface area contributed by atoms with E-state index in [-0.39, 0.29) is 0 Å². The van der Waals surface area contributed by atoms with Gasteiger partial charge >= 0.3 is 0 Å². The van der Waals surface area contributed by atoms with Crippen molar-refractivity contribution in [3.63, 3.8) is 0 Å². The summed E-state index contributed by atoms with van der Waals surface area (Å²) in [4.78, 5) is 0. The third-order valence-corrected chi connectivity index (χ3v) is 154. The fourth-order valence-electron chi connectivity index (χ4n) is 3.44. The molecule has 2 aliphatic rings. The molecule has 2 aliphatic heterocycles. The Morgan fingerprint density at radius 2 is 0.750 bits per heavy atom. The third kappa shape index (κ3) is 0.670. The SMILES string of the molecule is C[Si]1=[Si](C)[Si]2(C)[Si](C)=[Si](C)[Si]12C. The molecule has 0 atom stereocenters. The monoisotopic (exact) mass is 258 g/mol. The van der Waals surface area contributed by atoms with Crippen LogP contribution >= 0.6 is 0 Å². The largest absolute Gasteiger partial charge is 0.0707 e. The van der Waals surface area contributed by atoms with E-state index in [0.717, 1.165) is 0 Å². The van der Waals surface area contributed by atoms with Crippen LogP contribution in [0.4, 0.5) is 0 Å². The number of fused-ring (bicyclic) bond motifs is 1. The summed E-state index contributed by atoms with van der Waals surface area (Å²) in [5, 5.41) is 0. The minimum Gasteiger partial charge on any atom is -0.0707 e. The van der Waals surface area contributed by atoms with Gasteiger partial charge in [0.15, 0.2) is 0 Å². The molecular formula is C6H18Si6. The summed E-state index contributed by atoms with van der Waals surface area (Å²) in [6, 6.07) is 0. The Balaban J connectivity index is 2.61. The molecular weight excluding hydrogens is 241 g/mol. The highest BCUT2D eigenvalue weighted by Gasteiger charge is 2.67. The van der Waals surface area contributed by atoms with Crippen molar-refractivity contribution in [2.75, 3.05) is 0 Å². The second-order valence-electron chi connectivity index (χ2n) is 4.75. The van der Waals surface area contributed by atoms with E-state index in [1.165, 1.54) is 0 Å². The molecule has 0 bridgehead atoms. The predicted octanol–water partition coefficient (Wildman–Crippen LogP) is 1.22. The first kappa shape index (κ1) is 9.84. The summed E-state index contributed by atoms with van der Waals surface area (Å²) in [5.41, 5.74) is 0. The minimum absolute atomic E-state index is 0.325.